The summed E-state index contributed by atoms with van der Waals surface area (Å²) in [6, 6.07) is 20.5. The third kappa shape index (κ3) is 6.36. The fourth-order valence-electron chi connectivity index (χ4n) is 3.84. The Labute approximate surface area is 229 Å². The number of thiazole rings is 2. The second kappa shape index (κ2) is 12.6. The van der Waals surface area contributed by atoms with Gasteiger partial charge in [-0.15, -0.1) is 0 Å². The van der Waals surface area contributed by atoms with Gasteiger partial charge in [0.25, 0.3) is 0 Å². The first-order valence-corrected chi connectivity index (χ1v) is 13.6. The molecule has 0 aliphatic rings. The van der Waals surface area contributed by atoms with E-state index in [1.165, 1.54) is 16.0 Å². The number of ether oxygens (including phenoxy) is 1. The molecule has 0 saturated carbocycles. The second-order valence-corrected chi connectivity index (χ2v) is 10.2. The van der Waals surface area contributed by atoms with Crippen LogP contribution in [0.4, 0.5) is 0 Å². The largest absolute Gasteiger partial charge is 0.466 e. The van der Waals surface area contributed by atoms with E-state index < -0.39 is 0 Å². The third-order valence-corrected chi connectivity index (χ3v) is 7.62. The predicted octanol–water partition coefficient (Wildman–Crippen LogP) is 6.40. The SMILES string of the molecule is C.CCOC(=O)Cc1cn2cc(-c3ccccc3)sc2n1.OCCc1cn2cc(-c3ccccc3)sc2n1. The van der Waals surface area contributed by atoms with Gasteiger partial charge < -0.3 is 9.84 Å². The van der Waals surface area contributed by atoms with Gasteiger partial charge in [0.15, 0.2) is 9.92 Å². The molecule has 4 heterocycles. The molecule has 0 atom stereocenters. The van der Waals surface area contributed by atoms with E-state index in [0.717, 1.165) is 26.2 Å². The molecule has 196 valence electrons. The van der Waals surface area contributed by atoms with Crippen LogP contribution < -0.4 is 0 Å². The highest BCUT2D eigenvalue weighted by Crippen LogP contribution is 2.29. The van der Waals surface area contributed by atoms with Crippen molar-refractivity contribution in [1.82, 2.24) is 18.8 Å². The van der Waals surface area contributed by atoms with Crippen molar-refractivity contribution in [3.63, 3.8) is 0 Å². The zero-order valence-corrected chi connectivity index (χ0v) is 21.9. The summed E-state index contributed by atoms with van der Waals surface area (Å²) < 4.78 is 8.91. The van der Waals surface area contributed by atoms with Crippen LogP contribution in [0.3, 0.4) is 0 Å². The standard InChI is InChI=1S/C15H14N2O2S.C13H12N2OS.CH4/c1-2-19-14(18)8-12-9-17-10-13(20-15(17)16-12)11-6-4-3-5-7-11;16-7-6-11-8-15-9-12(17-13(15)14-11)10-4-2-1-3-5-10;/h3-7,9-10H,2,8H2,1H3;1-5,8-9,16H,6-7H2;1H4. The van der Waals surface area contributed by atoms with Gasteiger partial charge in [-0.2, -0.15) is 0 Å². The summed E-state index contributed by atoms with van der Waals surface area (Å²) in [4.78, 5) is 24.6. The maximum Gasteiger partial charge on any atom is 0.311 e. The highest BCUT2D eigenvalue weighted by molar-refractivity contribution is 7.20. The van der Waals surface area contributed by atoms with Gasteiger partial charge in [-0.1, -0.05) is 90.8 Å². The van der Waals surface area contributed by atoms with Gasteiger partial charge in [-0.25, -0.2) is 9.97 Å². The number of carbonyl (C=O) groups excluding carboxylic acids is 1. The monoisotopic (exact) mass is 546 g/mol. The first-order valence-electron chi connectivity index (χ1n) is 11.9. The minimum absolute atomic E-state index is 0. The molecule has 0 fully saturated rings. The molecule has 0 spiro atoms. The van der Waals surface area contributed by atoms with E-state index in [4.69, 9.17) is 9.84 Å². The minimum atomic E-state index is -0.235. The van der Waals surface area contributed by atoms with E-state index >= 15 is 0 Å². The molecule has 0 aliphatic heterocycles. The van der Waals surface area contributed by atoms with Crippen LogP contribution in [0.15, 0.2) is 85.5 Å². The molecule has 4 aromatic heterocycles. The van der Waals surface area contributed by atoms with Crippen LogP contribution in [0.25, 0.3) is 30.8 Å². The van der Waals surface area contributed by atoms with Gasteiger partial charge >= 0.3 is 5.97 Å². The number of aliphatic hydroxyl groups is 1. The van der Waals surface area contributed by atoms with Crippen LogP contribution in [-0.4, -0.2) is 43.1 Å². The fourth-order valence-corrected chi connectivity index (χ4v) is 5.82. The van der Waals surface area contributed by atoms with Crippen molar-refractivity contribution in [3.05, 3.63) is 96.8 Å². The molecule has 2 aromatic carbocycles. The molecular formula is C29H30N4O3S2. The fraction of sp³-hybridized carbons (Fsp3) is 0.207. The van der Waals surface area contributed by atoms with Crippen molar-refractivity contribution in [3.8, 4) is 20.9 Å². The van der Waals surface area contributed by atoms with Gasteiger partial charge in [0, 0.05) is 37.8 Å². The van der Waals surface area contributed by atoms with Gasteiger partial charge in [0.2, 0.25) is 0 Å². The summed E-state index contributed by atoms with van der Waals surface area (Å²) in [6.07, 6.45) is 8.84. The highest BCUT2D eigenvalue weighted by Gasteiger charge is 2.11. The van der Waals surface area contributed by atoms with Crippen molar-refractivity contribution >= 4 is 38.6 Å². The Hall–Kier alpha value is -3.79. The van der Waals surface area contributed by atoms with Crippen LogP contribution in [0.5, 0.6) is 0 Å². The summed E-state index contributed by atoms with van der Waals surface area (Å²) in [5.74, 6) is -0.235. The van der Waals surface area contributed by atoms with E-state index in [-0.39, 0.29) is 26.4 Å². The van der Waals surface area contributed by atoms with Crippen LogP contribution >= 0.6 is 22.7 Å². The maximum atomic E-state index is 11.4. The molecule has 0 amide bonds. The van der Waals surface area contributed by atoms with E-state index in [2.05, 4.69) is 40.4 Å². The molecule has 1 N–H and O–H groups in total. The van der Waals surface area contributed by atoms with Crippen LogP contribution in [0.2, 0.25) is 0 Å². The Balaban J connectivity index is 0.000000174. The second-order valence-electron chi connectivity index (χ2n) is 8.22. The lowest BCUT2D eigenvalue weighted by Crippen LogP contribution is -2.07. The van der Waals surface area contributed by atoms with Crippen molar-refractivity contribution in [1.29, 1.82) is 0 Å². The lowest BCUT2D eigenvalue weighted by Gasteiger charge is -1.97. The maximum absolute atomic E-state index is 11.4. The van der Waals surface area contributed by atoms with Gasteiger partial charge in [-0.05, 0) is 18.1 Å². The molecule has 0 saturated heterocycles. The molecule has 0 aliphatic carbocycles. The Morgan fingerprint density at radius 3 is 1.79 bits per heavy atom. The minimum Gasteiger partial charge on any atom is -0.466 e. The number of benzene rings is 2. The van der Waals surface area contributed by atoms with Crippen LogP contribution in [-0.2, 0) is 22.4 Å². The zero-order chi connectivity index (χ0) is 25.6. The van der Waals surface area contributed by atoms with E-state index in [1.54, 1.807) is 29.6 Å². The van der Waals surface area contributed by atoms with Crippen molar-refractivity contribution in [2.24, 2.45) is 0 Å². The first kappa shape index (κ1) is 27.3. The lowest BCUT2D eigenvalue weighted by molar-refractivity contribution is -0.142. The number of aliphatic hydroxyl groups excluding tert-OH is 1. The number of hydrogen-bond donors (Lipinski definition) is 1. The van der Waals surface area contributed by atoms with E-state index in [1.807, 2.05) is 63.8 Å². The molecule has 38 heavy (non-hydrogen) atoms. The highest BCUT2D eigenvalue weighted by atomic mass is 32.1. The number of esters is 1. The Kier molecular flexibility index (Phi) is 9.06. The molecule has 0 radical (unpaired) electrons. The van der Waals surface area contributed by atoms with E-state index in [9.17, 15) is 4.79 Å². The Morgan fingerprint density at radius 2 is 1.32 bits per heavy atom. The molecule has 0 bridgehead atoms. The lowest BCUT2D eigenvalue weighted by atomic mass is 10.2. The number of hydrogen-bond acceptors (Lipinski definition) is 7. The zero-order valence-electron chi connectivity index (χ0n) is 20.3. The molecule has 9 heteroatoms. The summed E-state index contributed by atoms with van der Waals surface area (Å²) in [7, 11) is 0. The summed E-state index contributed by atoms with van der Waals surface area (Å²) in [5, 5.41) is 8.87. The predicted molar refractivity (Wildman–Crippen MR) is 155 cm³/mol. The molecular weight excluding hydrogens is 516 g/mol. The van der Waals surface area contributed by atoms with Crippen LogP contribution in [0.1, 0.15) is 25.7 Å². The number of nitrogens with zero attached hydrogens (tertiary/aromatic N) is 4. The van der Waals surface area contributed by atoms with Gasteiger partial charge in [0.1, 0.15) is 0 Å². The smallest absolute Gasteiger partial charge is 0.311 e. The van der Waals surface area contributed by atoms with E-state index in [0.29, 0.717) is 13.0 Å². The molecule has 0 unspecified atom stereocenters. The van der Waals surface area contributed by atoms with Gasteiger partial charge in [-0.3, -0.25) is 13.6 Å². The third-order valence-electron chi connectivity index (χ3n) is 5.53. The van der Waals surface area contributed by atoms with Crippen molar-refractivity contribution in [2.45, 2.75) is 27.2 Å². The quantitative estimate of drug-likeness (QED) is 0.234. The number of rotatable bonds is 7. The number of fused-ring (bicyclic) bond motifs is 2. The van der Waals surface area contributed by atoms with Crippen molar-refractivity contribution in [2.75, 3.05) is 13.2 Å². The first-order chi connectivity index (χ1) is 18.1. The molecule has 6 rings (SSSR count). The topological polar surface area (TPSA) is 81.1 Å². The van der Waals surface area contributed by atoms with Gasteiger partial charge in [0.05, 0.1) is 34.2 Å². The summed E-state index contributed by atoms with van der Waals surface area (Å²) in [6.45, 7) is 2.35. The average molecular weight is 547 g/mol. The number of carbonyl (C=O) groups is 1. The number of aromatic nitrogens is 4. The normalized spacial score (nSPS) is 10.7. The Morgan fingerprint density at radius 1 is 0.816 bits per heavy atom. The number of imidazole rings is 2. The molecule has 6 aromatic rings. The Bertz CT molecular complexity index is 1540. The summed E-state index contributed by atoms with van der Waals surface area (Å²) >= 11 is 3.28. The summed E-state index contributed by atoms with van der Waals surface area (Å²) in [5.41, 5.74) is 4.08. The van der Waals surface area contributed by atoms with Crippen LogP contribution in [0, 0.1) is 0 Å². The van der Waals surface area contributed by atoms with Crippen molar-refractivity contribution < 1.29 is 14.6 Å². The molecule has 7 nitrogen and oxygen atoms in total. The average Bonchev–Trinajstić information content (AvgIpc) is 3.66.